The van der Waals surface area contributed by atoms with Gasteiger partial charge in [-0.05, 0) is 44.5 Å². The first-order valence-corrected chi connectivity index (χ1v) is 8.65. The lowest BCUT2D eigenvalue weighted by atomic mass is 10.2. The fraction of sp³-hybridized carbons (Fsp3) is 0.294. The number of para-hydroxylation sites is 1. The number of ether oxygens (including phenoxy) is 1. The van der Waals surface area contributed by atoms with Crippen molar-refractivity contribution in [1.82, 2.24) is 4.72 Å². The molecule has 0 fully saturated rings. The molecule has 0 spiro atoms. The number of benzene rings is 2. The smallest absolute Gasteiger partial charge is 0.240 e. The average molecular weight is 319 g/mol. The van der Waals surface area contributed by atoms with Gasteiger partial charge in [0.15, 0.2) is 0 Å². The lowest BCUT2D eigenvalue weighted by Gasteiger charge is -2.16. The number of aryl methyl sites for hydroxylation is 2. The minimum absolute atomic E-state index is 0.213. The summed E-state index contributed by atoms with van der Waals surface area (Å²) in [7, 11) is -3.53. The van der Waals surface area contributed by atoms with Gasteiger partial charge in [0.2, 0.25) is 10.0 Å². The van der Waals surface area contributed by atoms with E-state index in [4.69, 9.17) is 4.74 Å². The lowest BCUT2D eigenvalue weighted by Crippen LogP contribution is -2.33. The molecular formula is C17H21NO3S. The molecule has 0 aliphatic carbocycles. The summed E-state index contributed by atoms with van der Waals surface area (Å²) >= 11 is 0. The van der Waals surface area contributed by atoms with E-state index in [1.165, 1.54) is 0 Å². The molecule has 0 amide bonds. The van der Waals surface area contributed by atoms with Crippen LogP contribution < -0.4 is 9.46 Å². The minimum Gasteiger partial charge on any atom is -0.489 e. The van der Waals surface area contributed by atoms with Crippen molar-refractivity contribution in [2.75, 3.05) is 6.54 Å². The van der Waals surface area contributed by atoms with E-state index in [2.05, 4.69) is 4.72 Å². The monoisotopic (exact) mass is 319 g/mol. The van der Waals surface area contributed by atoms with E-state index in [-0.39, 0.29) is 12.6 Å². The second kappa shape index (κ2) is 6.94. The number of rotatable bonds is 6. The highest BCUT2D eigenvalue weighted by Gasteiger charge is 2.18. The van der Waals surface area contributed by atoms with Crippen molar-refractivity contribution in [2.45, 2.75) is 31.8 Å². The molecule has 0 heterocycles. The first-order chi connectivity index (χ1) is 10.4. The van der Waals surface area contributed by atoms with E-state index in [9.17, 15) is 8.42 Å². The fourth-order valence-electron chi connectivity index (χ4n) is 2.18. The predicted molar refractivity (Wildman–Crippen MR) is 87.6 cm³/mol. The molecule has 1 atom stereocenters. The van der Waals surface area contributed by atoms with Crippen molar-refractivity contribution in [2.24, 2.45) is 0 Å². The maximum atomic E-state index is 12.4. The van der Waals surface area contributed by atoms with Gasteiger partial charge in [-0.15, -0.1) is 0 Å². The van der Waals surface area contributed by atoms with Crippen molar-refractivity contribution >= 4 is 10.0 Å². The molecule has 2 aromatic rings. The Morgan fingerprint density at radius 3 is 2.41 bits per heavy atom. The lowest BCUT2D eigenvalue weighted by molar-refractivity contribution is 0.225. The van der Waals surface area contributed by atoms with Crippen LogP contribution >= 0.6 is 0 Å². The maximum Gasteiger partial charge on any atom is 0.240 e. The van der Waals surface area contributed by atoms with Gasteiger partial charge in [-0.1, -0.05) is 35.9 Å². The quantitative estimate of drug-likeness (QED) is 0.890. The van der Waals surface area contributed by atoms with Crippen LogP contribution in [0.4, 0.5) is 0 Å². The predicted octanol–water partition coefficient (Wildman–Crippen LogP) is 3.05. The average Bonchev–Trinajstić information content (AvgIpc) is 2.46. The van der Waals surface area contributed by atoms with Gasteiger partial charge in [0.05, 0.1) is 4.90 Å². The van der Waals surface area contributed by atoms with Crippen molar-refractivity contribution in [1.29, 1.82) is 0 Å². The molecule has 0 aromatic heterocycles. The van der Waals surface area contributed by atoms with E-state index in [1.54, 1.807) is 19.1 Å². The highest BCUT2D eigenvalue weighted by Crippen LogP contribution is 2.16. The fourth-order valence-corrected chi connectivity index (χ4v) is 3.52. The third kappa shape index (κ3) is 4.32. The van der Waals surface area contributed by atoms with E-state index >= 15 is 0 Å². The molecule has 5 heteroatoms. The minimum atomic E-state index is -3.53. The molecule has 0 saturated heterocycles. The molecule has 0 saturated carbocycles. The summed E-state index contributed by atoms with van der Waals surface area (Å²) in [6.45, 7) is 5.78. The molecule has 22 heavy (non-hydrogen) atoms. The van der Waals surface area contributed by atoms with Crippen LogP contribution in [0.25, 0.3) is 0 Å². The second-order valence-electron chi connectivity index (χ2n) is 5.36. The highest BCUT2D eigenvalue weighted by molar-refractivity contribution is 7.89. The largest absolute Gasteiger partial charge is 0.489 e. The maximum absolute atomic E-state index is 12.4. The van der Waals surface area contributed by atoms with Crippen molar-refractivity contribution in [3.63, 3.8) is 0 Å². The van der Waals surface area contributed by atoms with Crippen molar-refractivity contribution in [3.8, 4) is 5.75 Å². The van der Waals surface area contributed by atoms with Crippen LogP contribution in [-0.4, -0.2) is 21.1 Å². The second-order valence-corrected chi connectivity index (χ2v) is 7.10. The number of sulfonamides is 1. The van der Waals surface area contributed by atoms with Gasteiger partial charge in [-0.2, -0.15) is 0 Å². The Morgan fingerprint density at radius 1 is 1.09 bits per heavy atom. The Bertz CT molecular complexity index is 727. The van der Waals surface area contributed by atoms with Crippen LogP contribution in [0.15, 0.2) is 53.4 Å². The molecule has 0 aliphatic heterocycles. The molecule has 0 radical (unpaired) electrons. The van der Waals surface area contributed by atoms with Crippen LogP contribution in [0, 0.1) is 13.8 Å². The van der Waals surface area contributed by atoms with Gasteiger partial charge < -0.3 is 4.74 Å². The summed E-state index contributed by atoms with van der Waals surface area (Å²) < 4.78 is 33.0. The van der Waals surface area contributed by atoms with Gasteiger partial charge in [-0.3, -0.25) is 0 Å². The summed E-state index contributed by atoms with van der Waals surface area (Å²) in [5.41, 5.74) is 1.78. The Balaban J connectivity index is 2.00. The van der Waals surface area contributed by atoms with Gasteiger partial charge in [0.1, 0.15) is 11.9 Å². The van der Waals surface area contributed by atoms with E-state index < -0.39 is 10.0 Å². The summed E-state index contributed by atoms with van der Waals surface area (Å²) in [5, 5.41) is 0. The number of hydrogen-bond donors (Lipinski definition) is 1. The summed E-state index contributed by atoms with van der Waals surface area (Å²) in [4.78, 5) is 0.310. The summed E-state index contributed by atoms with van der Waals surface area (Å²) in [5.74, 6) is 0.723. The van der Waals surface area contributed by atoms with E-state index in [0.29, 0.717) is 4.90 Å². The molecule has 2 rings (SSSR count). The van der Waals surface area contributed by atoms with Crippen LogP contribution in [0.1, 0.15) is 18.1 Å². The molecule has 1 unspecified atom stereocenters. The molecule has 0 aliphatic rings. The third-order valence-electron chi connectivity index (χ3n) is 3.26. The van der Waals surface area contributed by atoms with E-state index in [1.807, 2.05) is 50.2 Å². The molecule has 118 valence electrons. The van der Waals surface area contributed by atoms with Crippen molar-refractivity contribution in [3.05, 3.63) is 59.7 Å². The third-order valence-corrected chi connectivity index (χ3v) is 4.85. The zero-order valence-corrected chi connectivity index (χ0v) is 13.9. The van der Waals surface area contributed by atoms with Gasteiger partial charge >= 0.3 is 0 Å². The number of hydrogen-bond acceptors (Lipinski definition) is 3. The molecule has 1 N–H and O–H groups in total. The van der Waals surface area contributed by atoms with Gasteiger partial charge in [-0.25, -0.2) is 13.1 Å². The zero-order valence-electron chi connectivity index (χ0n) is 13.0. The first kappa shape index (κ1) is 16.5. The first-order valence-electron chi connectivity index (χ1n) is 7.17. The van der Waals surface area contributed by atoms with Gasteiger partial charge in [0.25, 0.3) is 0 Å². The molecule has 0 bridgehead atoms. The Hall–Kier alpha value is -1.85. The molecule has 4 nitrogen and oxygen atoms in total. The van der Waals surface area contributed by atoms with Crippen LogP contribution in [0.5, 0.6) is 5.75 Å². The Labute approximate surface area is 132 Å². The van der Waals surface area contributed by atoms with Gasteiger partial charge in [0, 0.05) is 6.54 Å². The Kier molecular flexibility index (Phi) is 5.21. The van der Waals surface area contributed by atoms with E-state index in [0.717, 1.165) is 16.9 Å². The van der Waals surface area contributed by atoms with Crippen LogP contribution in [-0.2, 0) is 10.0 Å². The standard InChI is InChI=1S/C17H21NO3S/c1-13-9-10-17(14(2)11-13)22(19,20)18-12-15(3)21-16-7-5-4-6-8-16/h4-11,15,18H,12H2,1-3H3. The highest BCUT2D eigenvalue weighted by atomic mass is 32.2. The molecular weight excluding hydrogens is 298 g/mol. The number of nitrogens with one attached hydrogen (secondary N) is 1. The summed E-state index contributed by atoms with van der Waals surface area (Å²) in [6, 6.07) is 14.6. The Morgan fingerprint density at radius 2 is 1.77 bits per heavy atom. The SMILES string of the molecule is Cc1ccc(S(=O)(=O)NCC(C)Oc2ccccc2)c(C)c1. The zero-order chi connectivity index (χ0) is 16.2. The summed E-state index contributed by atoms with van der Waals surface area (Å²) in [6.07, 6.45) is -0.261. The van der Waals surface area contributed by atoms with Crippen LogP contribution in [0.3, 0.4) is 0 Å². The van der Waals surface area contributed by atoms with Crippen molar-refractivity contribution < 1.29 is 13.2 Å². The topological polar surface area (TPSA) is 55.4 Å². The van der Waals surface area contributed by atoms with Crippen LogP contribution in [0.2, 0.25) is 0 Å². The normalized spacial score (nSPS) is 12.9. The molecule has 2 aromatic carbocycles.